The number of rotatable bonds is 3. The Balaban J connectivity index is 2.07. The van der Waals surface area contributed by atoms with Crippen molar-refractivity contribution in [3.63, 3.8) is 0 Å². The number of nitrogens with one attached hydrogen (secondary N) is 1. The molecule has 2 unspecified atom stereocenters. The van der Waals surface area contributed by atoms with E-state index < -0.39 is 0 Å². The number of piperazine rings is 1. The maximum Gasteiger partial charge on any atom is 0.0562 e. The molecule has 118 valence electrons. The first kappa shape index (κ1) is 16.2. The normalized spacial score (nSPS) is 24.4. The third-order valence-electron chi connectivity index (χ3n) is 4.32. The lowest BCUT2D eigenvalue weighted by molar-refractivity contribution is 0.170. The highest BCUT2D eigenvalue weighted by Gasteiger charge is 2.26. The van der Waals surface area contributed by atoms with Crippen molar-refractivity contribution in [1.82, 2.24) is 15.2 Å². The Morgan fingerprint density at radius 3 is 2.43 bits per heavy atom. The van der Waals surface area contributed by atoms with Crippen LogP contribution in [-0.2, 0) is 6.54 Å². The molecule has 0 saturated carbocycles. The Morgan fingerprint density at radius 2 is 1.86 bits per heavy atom. The van der Waals surface area contributed by atoms with Crippen molar-refractivity contribution in [1.29, 1.82) is 0 Å². The summed E-state index contributed by atoms with van der Waals surface area (Å²) in [6, 6.07) is 5.52. The molecular formula is C17H30N4. The fourth-order valence-corrected chi connectivity index (χ4v) is 2.73. The van der Waals surface area contributed by atoms with E-state index in [4.69, 9.17) is 0 Å². The molecule has 1 aliphatic rings. The van der Waals surface area contributed by atoms with E-state index in [1.807, 2.05) is 6.20 Å². The molecule has 1 saturated heterocycles. The van der Waals surface area contributed by atoms with Gasteiger partial charge in [0, 0.05) is 49.1 Å². The smallest absolute Gasteiger partial charge is 0.0562 e. The van der Waals surface area contributed by atoms with Crippen molar-refractivity contribution < 1.29 is 0 Å². The van der Waals surface area contributed by atoms with Gasteiger partial charge in [0.2, 0.25) is 0 Å². The summed E-state index contributed by atoms with van der Waals surface area (Å²) in [4.78, 5) is 9.43. The molecule has 1 aliphatic heterocycles. The van der Waals surface area contributed by atoms with Gasteiger partial charge in [-0.25, -0.2) is 0 Å². The molecule has 2 atom stereocenters. The standard InChI is InChI=1S/C17H30N4/c1-13-11-21(12-14(2)20(13)6)16-7-8-18-15(9-16)10-19-17(3,4)5/h7-9,13-14,19H,10-12H2,1-6H3. The van der Waals surface area contributed by atoms with Crippen LogP contribution in [0.3, 0.4) is 0 Å². The minimum atomic E-state index is 0.120. The lowest BCUT2D eigenvalue weighted by atomic mass is 10.1. The second kappa shape index (κ2) is 6.32. The van der Waals surface area contributed by atoms with E-state index in [-0.39, 0.29) is 5.54 Å². The van der Waals surface area contributed by atoms with Crippen LogP contribution in [0.15, 0.2) is 18.3 Å². The molecule has 0 aliphatic carbocycles. The minimum Gasteiger partial charge on any atom is -0.368 e. The van der Waals surface area contributed by atoms with Crippen LogP contribution >= 0.6 is 0 Å². The average Bonchev–Trinajstić information content (AvgIpc) is 2.41. The molecule has 0 spiro atoms. The first-order valence-corrected chi connectivity index (χ1v) is 7.93. The summed E-state index contributed by atoms with van der Waals surface area (Å²) < 4.78 is 0. The van der Waals surface area contributed by atoms with E-state index in [0.29, 0.717) is 12.1 Å². The molecule has 1 aromatic heterocycles. The Morgan fingerprint density at radius 1 is 1.24 bits per heavy atom. The molecule has 0 bridgehead atoms. The van der Waals surface area contributed by atoms with Crippen LogP contribution in [0.25, 0.3) is 0 Å². The highest BCUT2D eigenvalue weighted by Crippen LogP contribution is 2.21. The van der Waals surface area contributed by atoms with E-state index in [0.717, 1.165) is 25.3 Å². The quantitative estimate of drug-likeness (QED) is 0.927. The zero-order chi connectivity index (χ0) is 15.6. The van der Waals surface area contributed by atoms with Crippen molar-refractivity contribution in [2.75, 3.05) is 25.0 Å². The number of aromatic nitrogens is 1. The van der Waals surface area contributed by atoms with Crippen LogP contribution in [0.5, 0.6) is 0 Å². The number of hydrogen-bond acceptors (Lipinski definition) is 4. The summed E-state index contributed by atoms with van der Waals surface area (Å²) in [5.74, 6) is 0. The summed E-state index contributed by atoms with van der Waals surface area (Å²) in [6.07, 6.45) is 1.93. The van der Waals surface area contributed by atoms with Gasteiger partial charge in [0.05, 0.1) is 5.69 Å². The van der Waals surface area contributed by atoms with Gasteiger partial charge in [-0.2, -0.15) is 0 Å². The fraction of sp³-hybridized carbons (Fsp3) is 0.706. The molecule has 1 N–H and O–H groups in total. The molecule has 1 fully saturated rings. The Bertz CT molecular complexity index is 454. The molecule has 0 amide bonds. The first-order valence-electron chi connectivity index (χ1n) is 7.93. The Hall–Kier alpha value is -1.13. The minimum absolute atomic E-state index is 0.120. The first-order chi connectivity index (χ1) is 9.76. The molecule has 2 rings (SSSR count). The predicted octanol–water partition coefficient (Wildman–Crippen LogP) is 2.50. The monoisotopic (exact) mass is 290 g/mol. The number of pyridine rings is 1. The number of likely N-dealkylation sites (N-methyl/N-ethyl adjacent to an activating group) is 1. The lowest BCUT2D eigenvalue weighted by Crippen LogP contribution is -2.55. The molecule has 4 nitrogen and oxygen atoms in total. The van der Waals surface area contributed by atoms with Crippen LogP contribution in [0.1, 0.15) is 40.3 Å². The van der Waals surface area contributed by atoms with Gasteiger partial charge in [0.25, 0.3) is 0 Å². The summed E-state index contributed by atoms with van der Waals surface area (Å²) >= 11 is 0. The summed E-state index contributed by atoms with van der Waals surface area (Å²) in [7, 11) is 2.22. The van der Waals surface area contributed by atoms with Gasteiger partial charge in [-0.15, -0.1) is 0 Å². The summed E-state index contributed by atoms with van der Waals surface area (Å²) in [5, 5.41) is 3.50. The van der Waals surface area contributed by atoms with Gasteiger partial charge < -0.3 is 10.2 Å². The number of hydrogen-bond donors (Lipinski definition) is 1. The fourth-order valence-electron chi connectivity index (χ4n) is 2.73. The number of nitrogens with zero attached hydrogens (tertiary/aromatic N) is 3. The van der Waals surface area contributed by atoms with Crippen LogP contribution in [0.4, 0.5) is 5.69 Å². The maximum absolute atomic E-state index is 4.49. The van der Waals surface area contributed by atoms with Crippen molar-refractivity contribution in [3.05, 3.63) is 24.0 Å². The second-order valence-electron chi connectivity index (χ2n) is 7.38. The van der Waals surface area contributed by atoms with Gasteiger partial charge in [-0.1, -0.05) is 0 Å². The van der Waals surface area contributed by atoms with Gasteiger partial charge in [-0.05, 0) is 53.8 Å². The van der Waals surface area contributed by atoms with Gasteiger partial charge in [-0.3, -0.25) is 9.88 Å². The second-order valence-corrected chi connectivity index (χ2v) is 7.38. The zero-order valence-electron chi connectivity index (χ0n) is 14.3. The molecule has 2 heterocycles. The molecule has 0 aromatic carbocycles. The highest BCUT2D eigenvalue weighted by molar-refractivity contribution is 5.47. The van der Waals surface area contributed by atoms with Crippen LogP contribution in [0, 0.1) is 0 Å². The maximum atomic E-state index is 4.49. The van der Waals surface area contributed by atoms with Gasteiger partial charge in [0.15, 0.2) is 0 Å². The summed E-state index contributed by atoms with van der Waals surface area (Å²) in [5.41, 5.74) is 2.53. The third-order valence-corrected chi connectivity index (χ3v) is 4.32. The van der Waals surface area contributed by atoms with E-state index >= 15 is 0 Å². The third kappa shape index (κ3) is 4.42. The molecular weight excluding hydrogens is 260 g/mol. The van der Waals surface area contributed by atoms with Crippen molar-refractivity contribution in [3.8, 4) is 0 Å². The molecule has 0 radical (unpaired) electrons. The number of anilines is 1. The predicted molar refractivity (Wildman–Crippen MR) is 89.7 cm³/mol. The summed E-state index contributed by atoms with van der Waals surface area (Å²) in [6.45, 7) is 14.1. The average molecular weight is 290 g/mol. The molecule has 1 aromatic rings. The highest BCUT2D eigenvalue weighted by atomic mass is 15.3. The molecule has 21 heavy (non-hydrogen) atoms. The van der Waals surface area contributed by atoms with Crippen molar-refractivity contribution in [2.24, 2.45) is 0 Å². The topological polar surface area (TPSA) is 31.4 Å². The van der Waals surface area contributed by atoms with E-state index in [2.05, 4.69) is 73.9 Å². The van der Waals surface area contributed by atoms with Crippen LogP contribution in [0.2, 0.25) is 0 Å². The van der Waals surface area contributed by atoms with E-state index in [1.54, 1.807) is 0 Å². The zero-order valence-corrected chi connectivity index (χ0v) is 14.3. The van der Waals surface area contributed by atoms with Gasteiger partial charge in [0.1, 0.15) is 0 Å². The van der Waals surface area contributed by atoms with Gasteiger partial charge >= 0.3 is 0 Å². The van der Waals surface area contributed by atoms with E-state index in [9.17, 15) is 0 Å². The van der Waals surface area contributed by atoms with Crippen molar-refractivity contribution in [2.45, 2.75) is 58.8 Å². The van der Waals surface area contributed by atoms with Crippen molar-refractivity contribution >= 4 is 5.69 Å². The SMILES string of the molecule is CC1CN(c2ccnc(CNC(C)(C)C)c2)CC(C)N1C. The molecule has 4 heteroatoms. The van der Waals surface area contributed by atoms with E-state index in [1.165, 1.54) is 5.69 Å². The Labute approximate surface area is 129 Å². The lowest BCUT2D eigenvalue weighted by Gasteiger charge is -2.43. The largest absolute Gasteiger partial charge is 0.368 e. The van der Waals surface area contributed by atoms with Crippen LogP contribution in [-0.4, -0.2) is 47.6 Å². The van der Waals surface area contributed by atoms with Crippen LogP contribution < -0.4 is 10.2 Å². The Kier molecular flexibility index (Phi) is 4.89.